The normalized spacial score (nSPS) is 16.0. The number of benzene rings is 1. The number of sulfone groups is 1. The molecule has 13 heteroatoms. The molecule has 2 aliphatic rings. The van der Waals surface area contributed by atoms with E-state index in [2.05, 4.69) is 15.2 Å². The van der Waals surface area contributed by atoms with Crippen LogP contribution in [0.1, 0.15) is 16.1 Å². The summed E-state index contributed by atoms with van der Waals surface area (Å²) in [5.41, 5.74) is 3.05. The van der Waals surface area contributed by atoms with Crippen LogP contribution in [0.15, 0.2) is 76.4 Å². The minimum atomic E-state index is -4.89. The summed E-state index contributed by atoms with van der Waals surface area (Å²) < 4.78 is 59.6. The van der Waals surface area contributed by atoms with Crippen molar-refractivity contribution in [2.75, 3.05) is 31.2 Å². The number of rotatable bonds is 8. The van der Waals surface area contributed by atoms with Gasteiger partial charge in [-0.3, -0.25) is 9.78 Å². The number of carbonyl (C=O) groups excluding carboxylic acids is 1. The van der Waals surface area contributed by atoms with Gasteiger partial charge in [0.25, 0.3) is 15.7 Å². The number of alkyl halides is 2. The molecule has 4 aromatic heterocycles. The first-order valence-corrected chi connectivity index (χ1v) is 15.2. The Balaban J connectivity index is 1.04. The van der Waals surface area contributed by atoms with Crippen LogP contribution in [0.5, 0.6) is 0 Å². The molecule has 10 nitrogen and oxygen atoms in total. The number of hydrogen-bond acceptors (Lipinski definition) is 9. The number of anilines is 1. The minimum Gasteiger partial charge on any atom is -0.444 e. The summed E-state index contributed by atoms with van der Waals surface area (Å²) >= 11 is 0. The van der Waals surface area contributed by atoms with Crippen molar-refractivity contribution in [3.8, 4) is 11.4 Å². The highest BCUT2D eigenvalue weighted by Crippen LogP contribution is 2.33. The van der Waals surface area contributed by atoms with E-state index < -0.39 is 26.6 Å². The van der Waals surface area contributed by atoms with Gasteiger partial charge in [-0.05, 0) is 48.5 Å². The first-order valence-electron chi connectivity index (χ1n) is 13.6. The third-order valence-corrected chi connectivity index (χ3v) is 9.12. The van der Waals surface area contributed by atoms with Gasteiger partial charge in [-0.1, -0.05) is 6.07 Å². The highest BCUT2D eigenvalue weighted by molar-refractivity contribution is 7.91. The molecular weight excluding hydrogens is 580 g/mol. The molecule has 0 spiro atoms. The second-order valence-corrected chi connectivity index (χ2v) is 12.6. The largest absolute Gasteiger partial charge is 0.444 e. The van der Waals surface area contributed by atoms with Crippen LogP contribution in [0.25, 0.3) is 33.3 Å². The number of amides is 1. The van der Waals surface area contributed by atoms with Gasteiger partial charge in [-0.2, -0.15) is 8.78 Å². The second-order valence-electron chi connectivity index (χ2n) is 10.7. The van der Waals surface area contributed by atoms with E-state index >= 15 is 0 Å². The van der Waals surface area contributed by atoms with Gasteiger partial charge in [-0.25, -0.2) is 18.4 Å². The van der Waals surface area contributed by atoms with Crippen molar-refractivity contribution >= 4 is 43.4 Å². The van der Waals surface area contributed by atoms with Crippen molar-refractivity contribution in [2.24, 2.45) is 11.8 Å². The molecule has 1 aromatic carbocycles. The van der Waals surface area contributed by atoms with Gasteiger partial charge in [0.2, 0.25) is 5.09 Å². The lowest BCUT2D eigenvalue weighted by atomic mass is 9.84. The molecule has 1 N–H and O–H groups in total. The molecule has 0 bridgehead atoms. The van der Waals surface area contributed by atoms with Crippen molar-refractivity contribution in [2.45, 2.75) is 17.4 Å². The van der Waals surface area contributed by atoms with Crippen LogP contribution in [0.3, 0.4) is 0 Å². The Morgan fingerprint density at radius 1 is 0.977 bits per heavy atom. The predicted octanol–water partition coefficient (Wildman–Crippen LogP) is 4.45. The first kappa shape index (κ1) is 27.3. The van der Waals surface area contributed by atoms with Gasteiger partial charge in [0, 0.05) is 53.5 Å². The number of nitrogens with zero attached hydrogens (tertiary/aromatic N) is 4. The monoisotopic (exact) mass is 605 g/mol. The minimum absolute atomic E-state index is 0.0757. The third kappa shape index (κ3) is 5.19. The summed E-state index contributed by atoms with van der Waals surface area (Å²) in [5, 5.41) is 2.98. The Morgan fingerprint density at radius 2 is 1.79 bits per heavy atom. The van der Waals surface area contributed by atoms with E-state index in [1.807, 2.05) is 30.3 Å². The Hall–Kier alpha value is -4.49. The molecule has 0 aliphatic carbocycles. The number of hydrogen-bond donors (Lipinski definition) is 1. The lowest BCUT2D eigenvalue weighted by molar-refractivity contribution is -0.0660. The van der Waals surface area contributed by atoms with Crippen molar-refractivity contribution in [1.82, 2.24) is 20.3 Å². The highest BCUT2D eigenvalue weighted by Gasteiger charge is 2.37. The summed E-state index contributed by atoms with van der Waals surface area (Å²) in [4.78, 5) is 29.2. The number of aromatic nitrogens is 3. The average Bonchev–Trinajstić information content (AvgIpc) is 3.40. The van der Waals surface area contributed by atoms with E-state index in [-0.39, 0.29) is 23.1 Å². The second kappa shape index (κ2) is 10.7. The Labute approximate surface area is 244 Å². The molecule has 2 saturated heterocycles. The summed E-state index contributed by atoms with van der Waals surface area (Å²) in [7, 11) is -4.89. The van der Waals surface area contributed by atoms with Crippen LogP contribution in [0, 0.1) is 11.8 Å². The van der Waals surface area contributed by atoms with Crippen molar-refractivity contribution in [3.05, 3.63) is 78.1 Å². The molecule has 2 aliphatic heterocycles. The fraction of sp³-hybridized carbons (Fsp3) is 0.267. The summed E-state index contributed by atoms with van der Waals surface area (Å²) in [6, 6.07) is 16.7. The molecule has 0 atom stereocenters. The number of pyridine rings is 3. The maximum Gasteiger partial charge on any atom is 0.344 e. The highest BCUT2D eigenvalue weighted by atomic mass is 32.2. The van der Waals surface area contributed by atoms with Gasteiger partial charge >= 0.3 is 5.76 Å². The molecule has 2 fully saturated rings. The summed E-state index contributed by atoms with van der Waals surface area (Å²) in [5.74, 6) is -1.83. The standard InChI is InChI=1S/C30H25F2N5O5S/c31-30(32)43(39,40)28-9-19-8-17(5-7-26(19)42-28)29(38)34-12-22-10-25-18(11-33-22)4-6-24(35-25)23-2-1-3-27(36-23)37-13-20(14-37)21-15-41-16-21/h1-11,20-21,30H,12-16H2,(H,34,38). The maximum atomic E-state index is 12.9. The van der Waals surface area contributed by atoms with Gasteiger partial charge < -0.3 is 19.4 Å². The summed E-state index contributed by atoms with van der Waals surface area (Å²) in [6.07, 6.45) is 1.68. The molecule has 0 radical (unpaired) electrons. The molecule has 6 heterocycles. The molecular formula is C30H25F2N5O5S. The number of halogens is 2. The van der Waals surface area contributed by atoms with E-state index in [1.54, 1.807) is 12.3 Å². The number of nitrogens with one attached hydrogen (secondary N) is 1. The van der Waals surface area contributed by atoms with Crippen LogP contribution < -0.4 is 10.2 Å². The topological polar surface area (TPSA) is 128 Å². The van der Waals surface area contributed by atoms with E-state index in [9.17, 15) is 22.0 Å². The smallest absolute Gasteiger partial charge is 0.344 e. The molecule has 220 valence electrons. The number of ether oxygens (including phenoxy) is 1. The predicted molar refractivity (Wildman–Crippen MR) is 153 cm³/mol. The molecule has 7 rings (SSSR count). The summed E-state index contributed by atoms with van der Waals surface area (Å²) in [6.45, 7) is 3.78. The van der Waals surface area contributed by atoms with Gasteiger partial charge in [-0.15, -0.1) is 0 Å². The van der Waals surface area contributed by atoms with Gasteiger partial charge in [0.15, 0.2) is 0 Å². The van der Waals surface area contributed by atoms with Crippen LogP contribution in [0.4, 0.5) is 14.6 Å². The Morgan fingerprint density at radius 3 is 2.56 bits per heavy atom. The zero-order valence-corrected chi connectivity index (χ0v) is 23.4. The van der Waals surface area contributed by atoms with Crippen LogP contribution in [0.2, 0.25) is 0 Å². The van der Waals surface area contributed by atoms with Crippen molar-refractivity contribution in [3.63, 3.8) is 0 Å². The quantitative estimate of drug-likeness (QED) is 0.273. The molecule has 43 heavy (non-hydrogen) atoms. The van der Waals surface area contributed by atoms with Gasteiger partial charge in [0.1, 0.15) is 11.4 Å². The third-order valence-electron chi connectivity index (χ3n) is 7.89. The van der Waals surface area contributed by atoms with Crippen molar-refractivity contribution < 1.29 is 31.1 Å². The van der Waals surface area contributed by atoms with Crippen LogP contribution >= 0.6 is 0 Å². The molecule has 0 unspecified atom stereocenters. The lowest BCUT2D eigenvalue weighted by Gasteiger charge is -2.46. The molecule has 5 aromatic rings. The average molecular weight is 606 g/mol. The van der Waals surface area contributed by atoms with Crippen LogP contribution in [-0.4, -0.2) is 61.3 Å². The zero-order chi connectivity index (χ0) is 29.7. The molecule has 1 amide bonds. The van der Waals surface area contributed by atoms with Gasteiger partial charge in [0.05, 0.1) is 42.4 Å². The fourth-order valence-corrected chi connectivity index (χ4v) is 5.90. The Bertz CT molecular complexity index is 1970. The number of furan rings is 1. The molecule has 0 saturated carbocycles. The maximum absolute atomic E-state index is 12.9. The van der Waals surface area contributed by atoms with E-state index in [1.165, 1.54) is 18.2 Å². The van der Waals surface area contributed by atoms with E-state index in [4.69, 9.17) is 19.1 Å². The number of carbonyl (C=O) groups is 1. The number of fused-ring (bicyclic) bond motifs is 2. The first-order chi connectivity index (χ1) is 20.7. The van der Waals surface area contributed by atoms with Crippen molar-refractivity contribution in [1.29, 1.82) is 0 Å². The van der Waals surface area contributed by atoms with Crippen LogP contribution in [-0.2, 0) is 21.1 Å². The SMILES string of the molecule is O=C(NCc1cc2nc(-c3cccc(N4CC(C5COC5)C4)n3)ccc2cn1)c1ccc2oc(S(=O)(=O)C(F)F)cc2c1. The Kier molecular flexibility index (Phi) is 6.78. The fourth-order valence-electron chi connectivity index (χ4n) is 5.22. The zero-order valence-electron chi connectivity index (χ0n) is 22.6. The van der Waals surface area contributed by atoms with E-state index in [0.29, 0.717) is 23.0 Å². The lowest BCUT2D eigenvalue weighted by Crippen LogP contribution is -2.54. The van der Waals surface area contributed by atoms with E-state index in [0.717, 1.165) is 55.0 Å².